The summed E-state index contributed by atoms with van der Waals surface area (Å²) >= 11 is 0. The summed E-state index contributed by atoms with van der Waals surface area (Å²) in [7, 11) is 0. The first-order chi connectivity index (χ1) is 15.0. The Balaban J connectivity index is 1.58. The van der Waals surface area contributed by atoms with E-state index in [1.54, 1.807) is 0 Å². The summed E-state index contributed by atoms with van der Waals surface area (Å²) in [6, 6.07) is 17.0. The van der Waals surface area contributed by atoms with Crippen LogP contribution in [-0.4, -0.2) is 35.0 Å². The van der Waals surface area contributed by atoms with E-state index >= 15 is 0 Å². The number of aliphatic carboxylic acids is 1. The van der Waals surface area contributed by atoms with Gasteiger partial charge < -0.3 is 15.7 Å². The second kappa shape index (κ2) is 11.3. The molecule has 1 saturated carbocycles. The summed E-state index contributed by atoms with van der Waals surface area (Å²) in [6.45, 7) is 0. The molecule has 31 heavy (non-hydrogen) atoms. The topological polar surface area (TPSA) is 95.5 Å². The summed E-state index contributed by atoms with van der Waals surface area (Å²) < 4.78 is 0. The molecule has 6 nitrogen and oxygen atoms in total. The lowest BCUT2D eigenvalue weighted by Crippen LogP contribution is -2.50. The quantitative estimate of drug-likeness (QED) is 0.574. The Morgan fingerprint density at radius 2 is 1.55 bits per heavy atom. The van der Waals surface area contributed by atoms with Gasteiger partial charge in [-0.05, 0) is 36.0 Å². The maximum atomic E-state index is 12.7. The zero-order chi connectivity index (χ0) is 22.1. The van der Waals surface area contributed by atoms with Gasteiger partial charge in [-0.25, -0.2) is 0 Å². The number of benzene rings is 2. The molecule has 0 spiro atoms. The first-order valence-electron chi connectivity index (χ1n) is 11.0. The van der Waals surface area contributed by atoms with Gasteiger partial charge in [-0.1, -0.05) is 73.9 Å². The highest BCUT2D eigenvalue weighted by Crippen LogP contribution is 2.20. The van der Waals surface area contributed by atoms with Crippen molar-refractivity contribution in [3.05, 3.63) is 60.2 Å². The molecular weight excluding hydrogens is 392 g/mol. The Morgan fingerprint density at radius 3 is 2.19 bits per heavy atom. The van der Waals surface area contributed by atoms with Crippen LogP contribution in [-0.2, 0) is 20.8 Å². The van der Waals surface area contributed by atoms with Crippen LogP contribution >= 0.6 is 0 Å². The van der Waals surface area contributed by atoms with E-state index in [2.05, 4.69) is 10.6 Å². The van der Waals surface area contributed by atoms with Crippen LogP contribution in [0.15, 0.2) is 54.6 Å². The fourth-order valence-electron chi connectivity index (χ4n) is 3.96. The van der Waals surface area contributed by atoms with Gasteiger partial charge in [0, 0.05) is 12.5 Å². The second-order valence-corrected chi connectivity index (χ2v) is 8.14. The average Bonchev–Trinajstić information content (AvgIpc) is 2.78. The molecule has 0 unspecified atom stereocenters. The number of hydrogen-bond acceptors (Lipinski definition) is 3. The van der Waals surface area contributed by atoms with Crippen LogP contribution in [0.3, 0.4) is 0 Å². The van der Waals surface area contributed by atoms with E-state index in [1.165, 1.54) is 6.42 Å². The summed E-state index contributed by atoms with van der Waals surface area (Å²) in [5.74, 6) is -1.57. The van der Waals surface area contributed by atoms with E-state index in [-0.39, 0.29) is 37.1 Å². The lowest BCUT2D eigenvalue weighted by Gasteiger charge is -2.26. The smallest absolute Gasteiger partial charge is 0.303 e. The molecule has 164 valence electrons. The molecule has 0 bridgehead atoms. The number of rotatable bonds is 9. The minimum absolute atomic E-state index is 0.0760. The average molecular weight is 423 g/mol. The summed E-state index contributed by atoms with van der Waals surface area (Å²) in [5.41, 5.74) is 3.00. The zero-order valence-electron chi connectivity index (χ0n) is 17.7. The number of carboxylic acid groups (broad SMARTS) is 1. The van der Waals surface area contributed by atoms with Gasteiger partial charge in [0.25, 0.3) is 0 Å². The van der Waals surface area contributed by atoms with Gasteiger partial charge in [-0.3, -0.25) is 14.4 Å². The molecule has 1 aliphatic rings. The maximum Gasteiger partial charge on any atom is 0.303 e. The SMILES string of the molecule is O=C(O)CC[C@H](NC(=O)Cc1ccc(-c2ccccc2)cc1)C(=O)NC1CCCCC1. The predicted octanol–water partition coefficient (Wildman–Crippen LogP) is 3.69. The third-order valence-electron chi connectivity index (χ3n) is 5.68. The van der Waals surface area contributed by atoms with Crippen LogP contribution in [0, 0.1) is 0 Å². The van der Waals surface area contributed by atoms with Gasteiger partial charge >= 0.3 is 5.97 Å². The van der Waals surface area contributed by atoms with Crippen LogP contribution in [0.4, 0.5) is 0 Å². The molecule has 0 aromatic heterocycles. The summed E-state index contributed by atoms with van der Waals surface area (Å²) in [4.78, 5) is 36.3. The minimum Gasteiger partial charge on any atom is -0.481 e. The van der Waals surface area contributed by atoms with Crippen molar-refractivity contribution in [2.75, 3.05) is 0 Å². The molecule has 6 heteroatoms. The van der Waals surface area contributed by atoms with E-state index in [0.717, 1.165) is 42.4 Å². The van der Waals surface area contributed by atoms with Gasteiger partial charge in [0.15, 0.2) is 0 Å². The molecule has 0 radical (unpaired) electrons. The van der Waals surface area contributed by atoms with Crippen molar-refractivity contribution in [2.24, 2.45) is 0 Å². The van der Waals surface area contributed by atoms with Gasteiger partial charge in [0.1, 0.15) is 6.04 Å². The molecule has 0 aliphatic heterocycles. The Labute approximate surface area is 183 Å². The fraction of sp³-hybridized carbons (Fsp3) is 0.400. The molecule has 3 rings (SSSR count). The van der Waals surface area contributed by atoms with Gasteiger partial charge in [0.05, 0.1) is 6.42 Å². The standard InChI is InChI=1S/C25H30N2O4/c28-23(17-18-11-13-20(14-12-18)19-7-3-1-4-8-19)27-22(15-16-24(29)30)25(31)26-21-9-5-2-6-10-21/h1,3-4,7-8,11-14,21-22H,2,5-6,9-10,15-17H2,(H,26,31)(H,27,28)(H,29,30)/t22-/m0/s1. The molecular formula is C25H30N2O4. The molecule has 1 atom stereocenters. The van der Waals surface area contributed by atoms with Crippen LogP contribution in [0.5, 0.6) is 0 Å². The Kier molecular flexibility index (Phi) is 8.21. The van der Waals surface area contributed by atoms with E-state index < -0.39 is 12.0 Å². The normalized spacial score (nSPS) is 15.1. The highest BCUT2D eigenvalue weighted by molar-refractivity contribution is 5.89. The van der Waals surface area contributed by atoms with Crippen molar-refractivity contribution in [1.82, 2.24) is 10.6 Å². The maximum absolute atomic E-state index is 12.7. The molecule has 0 saturated heterocycles. The third-order valence-corrected chi connectivity index (χ3v) is 5.68. The molecule has 1 fully saturated rings. The van der Waals surface area contributed by atoms with Crippen LogP contribution in [0.2, 0.25) is 0 Å². The monoisotopic (exact) mass is 422 g/mol. The molecule has 1 aliphatic carbocycles. The molecule has 2 amide bonds. The number of nitrogens with one attached hydrogen (secondary N) is 2. The molecule has 2 aromatic rings. The van der Waals surface area contributed by atoms with Crippen molar-refractivity contribution < 1.29 is 19.5 Å². The second-order valence-electron chi connectivity index (χ2n) is 8.14. The van der Waals surface area contributed by atoms with Crippen molar-refractivity contribution >= 4 is 17.8 Å². The summed E-state index contributed by atoms with van der Waals surface area (Å²) in [6.07, 6.45) is 5.23. The first kappa shape index (κ1) is 22.5. The van der Waals surface area contributed by atoms with Crippen molar-refractivity contribution in [1.29, 1.82) is 0 Å². The third kappa shape index (κ3) is 7.24. The zero-order valence-corrected chi connectivity index (χ0v) is 17.7. The number of hydrogen-bond donors (Lipinski definition) is 3. The summed E-state index contributed by atoms with van der Waals surface area (Å²) in [5, 5.41) is 14.7. The highest BCUT2D eigenvalue weighted by Gasteiger charge is 2.25. The highest BCUT2D eigenvalue weighted by atomic mass is 16.4. The Hall–Kier alpha value is -3.15. The van der Waals surface area contributed by atoms with Gasteiger partial charge in [-0.15, -0.1) is 0 Å². The van der Waals surface area contributed by atoms with E-state index in [0.29, 0.717) is 0 Å². The number of amides is 2. The van der Waals surface area contributed by atoms with E-state index in [9.17, 15) is 14.4 Å². The molecule has 2 aromatic carbocycles. The van der Waals surface area contributed by atoms with Crippen molar-refractivity contribution in [2.45, 2.75) is 63.5 Å². The van der Waals surface area contributed by atoms with Crippen molar-refractivity contribution in [3.8, 4) is 11.1 Å². The lowest BCUT2D eigenvalue weighted by molar-refractivity contribution is -0.138. The largest absolute Gasteiger partial charge is 0.481 e. The van der Waals surface area contributed by atoms with E-state index in [1.807, 2.05) is 54.6 Å². The van der Waals surface area contributed by atoms with Crippen LogP contribution in [0.1, 0.15) is 50.5 Å². The number of carbonyl (C=O) groups is 3. The minimum atomic E-state index is -0.985. The fourth-order valence-corrected chi connectivity index (χ4v) is 3.96. The number of carboxylic acids is 1. The van der Waals surface area contributed by atoms with Crippen LogP contribution in [0.25, 0.3) is 11.1 Å². The van der Waals surface area contributed by atoms with Crippen molar-refractivity contribution in [3.63, 3.8) is 0 Å². The van der Waals surface area contributed by atoms with Crippen LogP contribution < -0.4 is 10.6 Å². The predicted molar refractivity (Wildman–Crippen MR) is 119 cm³/mol. The Bertz CT molecular complexity index is 874. The van der Waals surface area contributed by atoms with Gasteiger partial charge in [0.2, 0.25) is 11.8 Å². The molecule has 0 heterocycles. The molecule has 3 N–H and O–H groups in total. The Morgan fingerprint density at radius 1 is 0.903 bits per heavy atom. The van der Waals surface area contributed by atoms with E-state index in [4.69, 9.17) is 5.11 Å². The lowest BCUT2D eigenvalue weighted by atomic mass is 9.95. The van der Waals surface area contributed by atoms with Gasteiger partial charge in [-0.2, -0.15) is 0 Å². The first-order valence-corrected chi connectivity index (χ1v) is 11.0. The number of carbonyl (C=O) groups excluding carboxylic acids is 2.